The van der Waals surface area contributed by atoms with Crippen molar-refractivity contribution in [1.29, 1.82) is 0 Å². The third kappa shape index (κ3) is 2.71. The van der Waals surface area contributed by atoms with Gasteiger partial charge in [0.05, 0.1) is 13.2 Å². The lowest BCUT2D eigenvalue weighted by Crippen LogP contribution is -2.56. The molecule has 0 amide bonds. The maximum atomic E-state index is 5.55. The molecule has 0 aromatic rings. The molecule has 2 fully saturated rings. The highest BCUT2D eigenvalue weighted by atomic mass is 16.5. The van der Waals surface area contributed by atoms with Crippen LogP contribution >= 0.6 is 0 Å². The zero-order valence-electron chi connectivity index (χ0n) is 10.0. The van der Waals surface area contributed by atoms with Crippen LogP contribution in [0.4, 0.5) is 0 Å². The highest BCUT2D eigenvalue weighted by Gasteiger charge is 2.30. The zero-order chi connectivity index (χ0) is 10.7. The van der Waals surface area contributed by atoms with Crippen molar-refractivity contribution in [2.24, 2.45) is 0 Å². The predicted molar refractivity (Wildman–Crippen MR) is 62.1 cm³/mol. The van der Waals surface area contributed by atoms with Crippen LogP contribution in [0.1, 0.15) is 33.1 Å². The molecule has 0 aromatic heterocycles. The molecule has 0 bridgehead atoms. The Morgan fingerprint density at radius 1 is 1.40 bits per heavy atom. The average molecular weight is 212 g/mol. The van der Waals surface area contributed by atoms with Gasteiger partial charge in [0, 0.05) is 31.2 Å². The van der Waals surface area contributed by atoms with Crippen molar-refractivity contribution in [2.45, 2.75) is 51.2 Å². The van der Waals surface area contributed by atoms with Crippen LogP contribution in [0.15, 0.2) is 0 Å². The summed E-state index contributed by atoms with van der Waals surface area (Å²) < 4.78 is 5.55. The molecule has 0 aromatic carbocycles. The summed E-state index contributed by atoms with van der Waals surface area (Å²) in [6.07, 6.45) is 3.88. The van der Waals surface area contributed by atoms with Gasteiger partial charge in [0.1, 0.15) is 0 Å². The summed E-state index contributed by atoms with van der Waals surface area (Å²) >= 11 is 0. The Bertz CT molecular complexity index is 190. The summed E-state index contributed by atoms with van der Waals surface area (Å²) in [6, 6.07) is 2.11. The quantitative estimate of drug-likeness (QED) is 0.745. The van der Waals surface area contributed by atoms with Crippen molar-refractivity contribution in [2.75, 3.05) is 26.3 Å². The summed E-state index contributed by atoms with van der Waals surface area (Å²) in [4.78, 5) is 2.67. The van der Waals surface area contributed by atoms with Crippen LogP contribution in [0.5, 0.6) is 0 Å². The highest BCUT2D eigenvalue weighted by molar-refractivity contribution is 4.86. The minimum absolute atomic E-state index is 0.652. The van der Waals surface area contributed by atoms with E-state index in [0.717, 1.165) is 32.3 Å². The summed E-state index contributed by atoms with van der Waals surface area (Å²) in [5, 5.41) is 3.59. The minimum Gasteiger partial charge on any atom is -0.378 e. The molecule has 2 saturated heterocycles. The van der Waals surface area contributed by atoms with Gasteiger partial charge in [-0.15, -0.1) is 0 Å². The lowest BCUT2D eigenvalue weighted by Gasteiger charge is -2.43. The smallest absolute Gasteiger partial charge is 0.0622 e. The molecule has 3 atom stereocenters. The molecule has 2 rings (SSSR count). The Hall–Kier alpha value is -0.120. The van der Waals surface area contributed by atoms with E-state index in [1.165, 1.54) is 19.3 Å². The van der Waals surface area contributed by atoms with Gasteiger partial charge in [-0.25, -0.2) is 0 Å². The number of hydrogen-bond acceptors (Lipinski definition) is 3. The van der Waals surface area contributed by atoms with Crippen LogP contribution in [0.25, 0.3) is 0 Å². The van der Waals surface area contributed by atoms with Crippen molar-refractivity contribution in [3.63, 3.8) is 0 Å². The van der Waals surface area contributed by atoms with Crippen molar-refractivity contribution in [3.05, 3.63) is 0 Å². The van der Waals surface area contributed by atoms with E-state index in [9.17, 15) is 0 Å². The van der Waals surface area contributed by atoms with Gasteiger partial charge in [-0.1, -0.05) is 6.92 Å². The van der Waals surface area contributed by atoms with Gasteiger partial charge in [-0.2, -0.15) is 0 Å². The van der Waals surface area contributed by atoms with Crippen molar-refractivity contribution in [1.82, 2.24) is 10.2 Å². The van der Waals surface area contributed by atoms with E-state index >= 15 is 0 Å². The minimum atomic E-state index is 0.652. The third-order valence-corrected chi connectivity index (χ3v) is 3.85. The number of nitrogens with zero attached hydrogens (tertiary/aromatic N) is 1. The molecule has 0 saturated carbocycles. The number of rotatable bonds is 2. The number of piperidine rings is 1. The molecule has 15 heavy (non-hydrogen) atoms. The fourth-order valence-corrected chi connectivity index (χ4v) is 2.77. The van der Waals surface area contributed by atoms with Gasteiger partial charge >= 0.3 is 0 Å². The van der Waals surface area contributed by atoms with E-state index in [4.69, 9.17) is 4.74 Å². The van der Waals surface area contributed by atoms with Gasteiger partial charge < -0.3 is 10.1 Å². The van der Waals surface area contributed by atoms with E-state index in [0.29, 0.717) is 12.1 Å². The predicted octanol–water partition coefficient (Wildman–Crippen LogP) is 1.24. The van der Waals surface area contributed by atoms with E-state index in [-0.39, 0.29) is 0 Å². The Labute approximate surface area is 93.2 Å². The molecule has 1 N–H and O–H groups in total. The van der Waals surface area contributed by atoms with Crippen LogP contribution in [0, 0.1) is 0 Å². The van der Waals surface area contributed by atoms with Crippen LogP contribution in [-0.4, -0.2) is 49.3 Å². The van der Waals surface area contributed by atoms with Crippen molar-refractivity contribution >= 4 is 0 Å². The topological polar surface area (TPSA) is 24.5 Å². The molecular formula is C12H24N2O. The maximum absolute atomic E-state index is 5.55. The molecule has 0 aliphatic carbocycles. The Morgan fingerprint density at radius 3 is 2.93 bits per heavy atom. The number of hydrogen-bond donors (Lipinski definition) is 1. The summed E-state index contributed by atoms with van der Waals surface area (Å²) in [5.74, 6) is 0. The normalized spacial score (nSPS) is 39.2. The molecule has 88 valence electrons. The Balaban J connectivity index is 1.90. The molecule has 3 unspecified atom stereocenters. The first kappa shape index (κ1) is 11.4. The first-order valence-corrected chi connectivity index (χ1v) is 6.38. The lowest BCUT2D eigenvalue weighted by molar-refractivity contribution is -0.0357. The van der Waals surface area contributed by atoms with Crippen molar-refractivity contribution in [3.8, 4) is 0 Å². The monoisotopic (exact) mass is 212 g/mol. The maximum Gasteiger partial charge on any atom is 0.0622 e. The molecule has 0 radical (unpaired) electrons. The second-order valence-corrected chi connectivity index (χ2v) is 4.92. The molecule has 3 nitrogen and oxygen atoms in total. The standard InChI is InChI=1S/C12H24N2O/c1-3-11-9-15-7-6-14(11)12-5-4-10(2)13-8-12/h10-13H,3-9H2,1-2H3. The molecule has 2 heterocycles. The summed E-state index contributed by atoms with van der Waals surface area (Å²) in [6.45, 7) is 8.69. The second-order valence-electron chi connectivity index (χ2n) is 4.92. The Kier molecular flexibility index (Phi) is 4.00. The molecular weight excluding hydrogens is 188 g/mol. The van der Waals surface area contributed by atoms with Gasteiger partial charge in [0.15, 0.2) is 0 Å². The fourth-order valence-electron chi connectivity index (χ4n) is 2.77. The van der Waals surface area contributed by atoms with Gasteiger partial charge in [0.2, 0.25) is 0 Å². The fraction of sp³-hybridized carbons (Fsp3) is 1.00. The number of morpholine rings is 1. The van der Waals surface area contributed by atoms with Gasteiger partial charge in [-0.05, 0) is 26.2 Å². The summed E-state index contributed by atoms with van der Waals surface area (Å²) in [5.41, 5.74) is 0. The highest BCUT2D eigenvalue weighted by Crippen LogP contribution is 2.20. The number of nitrogens with one attached hydrogen (secondary N) is 1. The zero-order valence-corrected chi connectivity index (χ0v) is 10.0. The SMILES string of the molecule is CCC1COCCN1C1CCC(C)NC1. The second kappa shape index (κ2) is 5.28. The molecule has 0 spiro atoms. The van der Waals surface area contributed by atoms with E-state index < -0.39 is 0 Å². The van der Waals surface area contributed by atoms with E-state index in [2.05, 4.69) is 24.1 Å². The van der Waals surface area contributed by atoms with Crippen LogP contribution in [-0.2, 0) is 4.74 Å². The number of ether oxygens (including phenoxy) is 1. The van der Waals surface area contributed by atoms with Gasteiger partial charge in [-0.3, -0.25) is 4.90 Å². The summed E-state index contributed by atoms with van der Waals surface area (Å²) in [7, 11) is 0. The van der Waals surface area contributed by atoms with Gasteiger partial charge in [0.25, 0.3) is 0 Å². The first-order chi connectivity index (χ1) is 7.31. The molecule has 2 aliphatic rings. The van der Waals surface area contributed by atoms with Crippen LogP contribution in [0.3, 0.4) is 0 Å². The van der Waals surface area contributed by atoms with Crippen LogP contribution in [0.2, 0.25) is 0 Å². The van der Waals surface area contributed by atoms with Crippen molar-refractivity contribution < 1.29 is 4.74 Å². The first-order valence-electron chi connectivity index (χ1n) is 6.38. The van der Waals surface area contributed by atoms with Crippen LogP contribution < -0.4 is 5.32 Å². The lowest BCUT2D eigenvalue weighted by atomic mass is 9.98. The molecule has 3 heteroatoms. The Morgan fingerprint density at radius 2 is 2.27 bits per heavy atom. The largest absolute Gasteiger partial charge is 0.378 e. The van der Waals surface area contributed by atoms with E-state index in [1.807, 2.05) is 0 Å². The third-order valence-electron chi connectivity index (χ3n) is 3.85. The average Bonchev–Trinajstić information content (AvgIpc) is 2.30. The van der Waals surface area contributed by atoms with E-state index in [1.54, 1.807) is 0 Å². The molecule has 2 aliphatic heterocycles.